The second-order valence-electron chi connectivity index (χ2n) is 3.51. The average molecular weight is 205 g/mol. The Balaban J connectivity index is 2.20. The van der Waals surface area contributed by atoms with Crippen molar-refractivity contribution in [3.05, 3.63) is 36.1 Å². The molecule has 0 amide bonds. The molecule has 1 aromatic heterocycles. The van der Waals surface area contributed by atoms with Crippen molar-refractivity contribution in [1.82, 2.24) is 5.32 Å². The fraction of sp³-hybridized carbons (Fsp3) is 0.333. The summed E-state index contributed by atoms with van der Waals surface area (Å²) in [5.41, 5.74) is 0.822. The molecule has 0 bridgehead atoms. The van der Waals surface area contributed by atoms with Crippen molar-refractivity contribution < 1.29 is 9.52 Å². The third-order valence-corrected chi connectivity index (χ3v) is 2.36. The Labute approximate surface area is 88.7 Å². The molecule has 80 valence electrons. The normalized spacial score (nSPS) is 13.2. The maximum Gasteiger partial charge on any atom is 0.135 e. The summed E-state index contributed by atoms with van der Waals surface area (Å²) < 4.78 is 5.54. The summed E-state index contributed by atoms with van der Waals surface area (Å²) in [5.74, 6) is 0.622. The smallest absolute Gasteiger partial charge is 0.135 e. The number of aliphatic hydroxyl groups excluding tert-OH is 1. The number of rotatable bonds is 4. The predicted molar refractivity (Wildman–Crippen MR) is 59.7 cm³/mol. The first-order valence-corrected chi connectivity index (χ1v) is 5.18. The topological polar surface area (TPSA) is 45.4 Å². The molecule has 1 unspecified atom stereocenters. The number of fused-ring (bicyclic) bond motifs is 1. The maximum atomic E-state index is 9.80. The van der Waals surface area contributed by atoms with Crippen LogP contribution in [0.15, 0.2) is 34.7 Å². The van der Waals surface area contributed by atoms with Gasteiger partial charge in [0.15, 0.2) is 0 Å². The zero-order valence-electron chi connectivity index (χ0n) is 8.73. The second kappa shape index (κ2) is 4.47. The molecule has 2 rings (SSSR count). The molecule has 0 fully saturated rings. The third-order valence-electron chi connectivity index (χ3n) is 2.36. The number of nitrogens with one attached hydrogen (secondary N) is 1. The number of para-hydroxylation sites is 1. The molecular formula is C12H15NO2. The first-order valence-electron chi connectivity index (χ1n) is 5.18. The van der Waals surface area contributed by atoms with Gasteiger partial charge in [-0.2, -0.15) is 0 Å². The lowest BCUT2D eigenvalue weighted by atomic mass is 10.2. The molecule has 0 saturated carbocycles. The summed E-state index contributed by atoms with van der Waals surface area (Å²) >= 11 is 0. The summed E-state index contributed by atoms with van der Waals surface area (Å²) in [6, 6.07) is 9.64. The monoisotopic (exact) mass is 205 g/mol. The zero-order chi connectivity index (χ0) is 10.7. The van der Waals surface area contributed by atoms with E-state index in [1.165, 1.54) is 0 Å². The molecule has 3 nitrogen and oxygen atoms in total. The predicted octanol–water partition coefficient (Wildman–Crippen LogP) is 2.08. The maximum absolute atomic E-state index is 9.80. The highest BCUT2D eigenvalue weighted by atomic mass is 16.4. The Morgan fingerprint density at radius 2 is 2.20 bits per heavy atom. The van der Waals surface area contributed by atoms with Crippen molar-refractivity contribution in [2.75, 3.05) is 13.1 Å². The number of aliphatic hydroxyl groups is 1. The number of furan rings is 1. The SMILES string of the molecule is CCNCC(O)c1cc2ccccc2o1. The van der Waals surface area contributed by atoms with Gasteiger partial charge in [-0.3, -0.25) is 0 Å². The highest BCUT2D eigenvalue weighted by Gasteiger charge is 2.11. The molecule has 0 spiro atoms. The first kappa shape index (κ1) is 10.2. The van der Waals surface area contributed by atoms with E-state index in [1.54, 1.807) is 0 Å². The highest BCUT2D eigenvalue weighted by molar-refractivity contribution is 5.77. The van der Waals surface area contributed by atoms with E-state index in [4.69, 9.17) is 4.42 Å². The van der Waals surface area contributed by atoms with Crippen LogP contribution in [0.5, 0.6) is 0 Å². The van der Waals surface area contributed by atoms with Gasteiger partial charge < -0.3 is 14.8 Å². The van der Waals surface area contributed by atoms with E-state index in [1.807, 2.05) is 37.3 Å². The molecule has 0 aliphatic carbocycles. The lowest BCUT2D eigenvalue weighted by Crippen LogP contribution is -2.20. The van der Waals surface area contributed by atoms with Crippen LogP contribution in [0, 0.1) is 0 Å². The minimum absolute atomic E-state index is 0.524. The fourth-order valence-electron chi connectivity index (χ4n) is 1.55. The lowest BCUT2D eigenvalue weighted by Gasteiger charge is -2.06. The number of benzene rings is 1. The van der Waals surface area contributed by atoms with Gasteiger partial charge >= 0.3 is 0 Å². The first-order chi connectivity index (χ1) is 7.31. The molecule has 1 aromatic carbocycles. The van der Waals surface area contributed by atoms with Crippen molar-refractivity contribution in [1.29, 1.82) is 0 Å². The van der Waals surface area contributed by atoms with Crippen LogP contribution in [0.3, 0.4) is 0 Å². The molecule has 1 atom stereocenters. The van der Waals surface area contributed by atoms with Gasteiger partial charge in [0.05, 0.1) is 0 Å². The van der Waals surface area contributed by atoms with Gasteiger partial charge in [0.1, 0.15) is 17.4 Å². The Hall–Kier alpha value is -1.32. The van der Waals surface area contributed by atoms with Crippen molar-refractivity contribution >= 4 is 11.0 Å². The Bertz CT molecular complexity index is 403. The van der Waals surface area contributed by atoms with Crippen LogP contribution in [0.25, 0.3) is 11.0 Å². The lowest BCUT2D eigenvalue weighted by molar-refractivity contribution is 0.150. The molecule has 1 heterocycles. The van der Waals surface area contributed by atoms with Crippen LogP contribution < -0.4 is 5.32 Å². The minimum atomic E-state index is -0.572. The summed E-state index contributed by atoms with van der Waals surface area (Å²) in [5, 5.41) is 13.9. The van der Waals surface area contributed by atoms with Crippen molar-refractivity contribution in [2.24, 2.45) is 0 Å². The second-order valence-corrected chi connectivity index (χ2v) is 3.51. The van der Waals surface area contributed by atoms with Crippen LogP contribution in [0.1, 0.15) is 18.8 Å². The molecule has 3 heteroatoms. The summed E-state index contributed by atoms with van der Waals surface area (Å²) in [6.45, 7) is 3.37. The van der Waals surface area contributed by atoms with E-state index in [0.29, 0.717) is 12.3 Å². The average Bonchev–Trinajstić information content (AvgIpc) is 2.69. The van der Waals surface area contributed by atoms with Crippen LogP contribution in [0.4, 0.5) is 0 Å². The molecular weight excluding hydrogens is 190 g/mol. The quantitative estimate of drug-likeness (QED) is 0.803. The van der Waals surface area contributed by atoms with E-state index in [0.717, 1.165) is 17.5 Å². The van der Waals surface area contributed by atoms with Gasteiger partial charge in [0.25, 0.3) is 0 Å². The Kier molecular flexibility index (Phi) is 3.04. The number of likely N-dealkylation sites (N-methyl/N-ethyl adjacent to an activating group) is 1. The van der Waals surface area contributed by atoms with Crippen LogP contribution in [-0.4, -0.2) is 18.2 Å². The Morgan fingerprint density at radius 1 is 1.40 bits per heavy atom. The van der Waals surface area contributed by atoms with Crippen LogP contribution >= 0.6 is 0 Å². The molecule has 0 saturated heterocycles. The van der Waals surface area contributed by atoms with E-state index in [-0.39, 0.29) is 0 Å². The molecule has 0 aliphatic rings. The van der Waals surface area contributed by atoms with Crippen molar-refractivity contribution in [3.63, 3.8) is 0 Å². The van der Waals surface area contributed by atoms with Gasteiger partial charge in [-0.1, -0.05) is 25.1 Å². The standard InChI is InChI=1S/C12H15NO2/c1-2-13-8-10(14)12-7-9-5-3-4-6-11(9)15-12/h3-7,10,13-14H,2,8H2,1H3. The summed E-state index contributed by atoms with van der Waals surface area (Å²) in [4.78, 5) is 0. The van der Waals surface area contributed by atoms with E-state index >= 15 is 0 Å². The van der Waals surface area contributed by atoms with Crippen LogP contribution in [-0.2, 0) is 0 Å². The number of hydrogen-bond donors (Lipinski definition) is 2. The van der Waals surface area contributed by atoms with Gasteiger partial charge in [-0.05, 0) is 18.7 Å². The van der Waals surface area contributed by atoms with E-state index in [9.17, 15) is 5.11 Å². The number of hydrogen-bond acceptors (Lipinski definition) is 3. The van der Waals surface area contributed by atoms with E-state index in [2.05, 4.69) is 5.32 Å². The molecule has 2 aromatic rings. The van der Waals surface area contributed by atoms with Gasteiger partial charge in [-0.15, -0.1) is 0 Å². The van der Waals surface area contributed by atoms with E-state index < -0.39 is 6.10 Å². The zero-order valence-corrected chi connectivity index (χ0v) is 8.73. The summed E-state index contributed by atoms with van der Waals surface area (Å²) in [6.07, 6.45) is -0.572. The van der Waals surface area contributed by atoms with Crippen molar-refractivity contribution in [2.45, 2.75) is 13.0 Å². The molecule has 0 radical (unpaired) electrons. The van der Waals surface area contributed by atoms with Crippen molar-refractivity contribution in [3.8, 4) is 0 Å². The largest absolute Gasteiger partial charge is 0.458 e. The van der Waals surface area contributed by atoms with Gasteiger partial charge in [-0.25, -0.2) is 0 Å². The van der Waals surface area contributed by atoms with Crippen LogP contribution in [0.2, 0.25) is 0 Å². The minimum Gasteiger partial charge on any atom is -0.458 e. The molecule has 2 N–H and O–H groups in total. The van der Waals surface area contributed by atoms with Gasteiger partial charge in [0.2, 0.25) is 0 Å². The molecule has 15 heavy (non-hydrogen) atoms. The fourth-order valence-corrected chi connectivity index (χ4v) is 1.55. The molecule has 0 aliphatic heterocycles. The highest BCUT2D eigenvalue weighted by Crippen LogP contribution is 2.23. The summed E-state index contributed by atoms with van der Waals surface area (Å²) in [7, 11) is 0. The Morgan fingerprint density at radius 3 is 2.93 bits per heavy atom. The van der Waals surface area contributed by atoms with Gasteiger partial charge in [0, 0.05) is 11.9 Å². The third kappa shape index (κ3) is 2.19.